The minimum Gasteiger partial charge on any atom is -0.481 e. The van der Waals surface area contributed by atoms with Crippen LogP contribution in [0, 0.1) is 6.92 Å². The summed E-state index contributed by atoms with van der Waals surface area (Å²) in [4.78, 5) is 20.0. The van der Waals surface area contributed by atoms with Gasteiger partial charge in [0.15, 0.2) is 5.65 Å². The molecule has 3 heterocycles. The number of nitrogens with two attached hydrogens (primary N) is 1. The highest BCUT2D eigenvalue weighted by Crippen LogP contribution is 2.21. The number of ether oxygens (including phenoxy) is 1. The van der Waals surface area contributed by atoms with E-state index in [1.165, 1.54) is 6.20 Å². The lowest BCUT2D eigenvalue weighted by atomic mass is 10.2. The highest BCUT2D eigenvalue weighted by atomic mass is 16.5. The summed E-state index contributed by atoms with van der Waals surface area (Å²) < 4.78 is 6.61. The fourth-order valence-electron chi connectivity index (χ4n) is 2.09. The van der Waals surface area contributed by atoms with Crippen molar-refractivity contribution in [1.29, 1.82) is 0 Å². The molecule has 0 aliphatic heterocycles. The summed E-state index contributed by atoms with van der Waals surface area (Å²) in [6.45, 7) is 1.88. The zero-order chi connectivity index (χ0) is 15.0. The molecule has 1 amide bonds. The number of carbonyl (C=O) groups is 1. The minimum absolute atomic E-state index is 0.293. The van der Waals surface area contributed by atoms with Crippen molar-refractivity contribution in [1.82, 2.24) is 19.6 Å². The molecule has 3 aromatic heterocycles. The molecule has 3 aromatic rings. The first-order valence-electron chi connectivity index (χ1n) is 6.25. The molecule has 0 aromatic carbocycles. The fraction of sp³-hybridized carbons (Fsp3) is 0.143. The SMILES string of the molecule is COc1ccc(-c2cc(C)n3ncc(C(N)=O)c3n2)cn1. The second-order valence-electron chi connectivity index (χ2n) is 4.53. The van der Waals surface area contributed by atoms with Crippen LogP contribution >= 0.6 is 0 Å². The van der Waals surface area contributed by atoms with E-state index in [4.69, 9.17) is 10.5 Å². The second-order valence-corrected chi connectivity index (χ2v) is 4.53. The van der Waals surface area contributed by atoms with E-state index in [0.717, 1.165) is 11.3 Å². The first kappa shape index (κ1) is 13.0. The molecule has 3 rings (SSSR count). The summed E-state index contributed by atoms with van der Waals surface area (Å²) >= 11 is 0. The molecule has 2 N–H and O–H groups in total. The van der Waals surface area contributed by atoms with Crippen LogP contribution in [0.2, 0.25) is 0 Å². The molecule has 0 aliphatic carbocycles. The van der Waals surface area contributed by atoms with Gasteiger partial charge in [-0.25, -0.2) is 14.5 Å². The van der Waals surface area contributed by atoms with Crippen LogP contribution in [0.3, 0.4) is 0 Å². The van der Waals surface area contributed by atoms with Crippen LogP contribution in [0.4, 0.5) is 0 Å². The third-order valence-corrected chi connectivity index (χ3v) is 3.16. The maximum absolute atomic E-state index is 11.4. The Balaban J connectivity index is 2.18. The van der Waals surface area contributed by atoms with E-state index < -0.39 is 5.91 Å². The van der Waals surface area contributed by atoms with Gasteiger partial charge in [-0.05, 0) is 19.1 Å². The van der Waals surface area contributed by atoms with Gasteiger partial charge in [0, 0.05) is 23.5 Å². The second kappa shape index (κ2) is 4.86. The molecular weight excluding hydrogens is 270 g/mol. The van der Waals surface area contributed by atoms with Gasteiger partial charge < -0.3 is 10.5 Å². The highest BCUT2D eigenvalue weighted by molar-refractivity contribution is 5.98. The number of amides is 1. The van der Waals surface area contributed by atoms with Crippen LogP contribution in [-0.2, 0) is 0 Å². The molecule has 7 nitrogen and oxygen atoms in total. The van der Waals surface area contributed by atoms with Crippen LogP contribution < -0.4 is 10.5 Å². The van der Waals surface area contributed by atoms with Gasteiger partial charge in [-0.2, -0.15) is 5.10 Å². The molecule has 0 radical (unpaired) electrons. The van der Waals surface area contributed by atoms with Gasteiger partial charge in [0.25, 0.3) is 5.91 Å². The summed E-state index contributed by atoms with van der Waals surface area (Å²) in [7, 11) is 1.56. The van der Waals surface area contributed by atoms with Gasteiger partial charge in [0.1, 0.15) is 5.56 Å². The maximum atomic E-state index is 11.4. The van der Waals surface area contributed by atoms with Crippen LogP contribution in [0.5, 0.6) is 5.88 Å². The number of aryl methyl sites for hydroxylation is 1. The first-order valence-corrected chi connectivity index (χ1v) is 6.25. The maximum Gasteiger partial charge on any atom is 0.254 e. The highest BCUT2D eigenvalue weighted by Gasteiger charge is 2.14. The number of primary amides is 1. The average molecular weight is 283 g/mol. The number of aromatic nitrogens is 4. The Morgan fingerprint density at radius 2 is 2.14 bits per heavy atom. The van der Waals surface area contributed by atoms with Crippen molar-refractivity contribution in [3.8, 4) is 17.1 Å². The smallest absolute Gasteiger partial charge is 0.254 e. The van der Waals surface area contributed by atoms with Crippen molar-refractivity contribution in [2.24, 2.45) is 5.73 Å². The van der Waals surface area contributed by atoms with Crippen molar-refractivity contribution in [2.75, 3.05) is 7.11 Å². The Kier molecular flexibility index (Phi) is 3.02. The molecular formula is C14H13N5O2. The molecule has 21 heavy (non-hydrogen) atoms. The number of carbonyl (C=O) groups excluding carboxylic acids is 1. The monoisotopic (exact) mass is 283 g/mol. The Hall–Kier alpha value is -2.96. The van der Waals surface area contributed by atoms with Gasteiger partial charge in [0.2, 0.25) is 5.88 Å². The van der Waals surface area contributed by atoms with Crippen LogP contribution in [-0.4, -0.2) is 32.6 Å². The number of rotatable bonds is 3. The van der Waals surface area contributed by atoms with Crippen molar-refractivity contribution in [2.45, 2.75) is 6.92 Å². The normalized spacial score (nSPS) is 10.8. The molecule has 0 fully saturated rings. The molecule has 0 bridgehead atoms. The van der Waals surface area contributed by atoms with Crippen LogP contribution in [0.15, 0.2) is 30.6 Å². The van der Waals surface area contributed by atoms with Gasteiger partial charge in [-0.1, -0.05) is 0 Å². The number of nitrogens with zero attached hydrogens (tertiary/aromatic N) is 4. The molecule has 106 valence electrons. The number of methoxy groups -OCH3 is 1. The summed E-state index contributed by atoms with van der Waals surface area (Å²) in [5.41, 5.74) is 8.43. The van der Waals surface area contributed by atoms with E-state index in [1.54, 1.807) is 23.9 Å². The summed E-state index contributed by atoms with van der Waals surface area (Å²) in [6.07, 6.45) is 3.09. The van der Waals surface area contributed by atoms with E-state index in [1.807, 2.05) is 19.1 Å². The van der Waals surface area contributed by atoms with Crippen LogP contribution in [0.25, 0.3) is 16.9 Å². The summed E-state index contributed by atoms with van der Waals surface area (Å²) in [6, 6.07) is 5.47. The molecule has 0 atom stereocenters. The molecule has 0 saturated heterocycles. The van der Waals surface area contributed by atoms with Crippen molar-refractivity contribution in [3.63, 3.8) is 0 Å². The van der Waals surface area contributed by atoms with E-state index in [2.05, 4.69) is 15.1 Å². The minimum atomic E-state index is -0.554. The number of fused-ring (bicyclic) bond motifs is 1. The number of pyridine rings is 1. The molecule has 7 heteroatoms. The lowest BCUT2D eigenvalue weighted by Crippen LogP contribution is -2.11. The quantitative estimate of drug-likeness (QED) is 0.779. The molecule has 0 aliphatic rings. The lowest BCUT2D eigenvalue weighted by molar-refractivity contribution is 0.100. The Bertz CT molecular complexity index is 823. The molecule has 0 saturated carbocycles. The van der Waals surface area contributed by atoms with Crippen molar-refractivity contribution < 1.29 is 9.53 Å². The van der Waals surface area contributed by atoms with Crippen LogP contribution in [0.1, 0.15) is 16.1 Å². The van der Waals surface area contributed by atoms with Gasteiger partial charge in [0.05, 0.1) is 19.0 Å². The molecule has 0 unspecified atom stereocenters. The lowest BCUT2D eigenvalue weighted by Gasteiger charge is -2.06. The molecule has 0 spiro atoms. The van der Waals surface area contributed by atoms with Gasteiger partial charge >= 0.3 is 0 Å². The number of hydrogen-bond acceptors (Lipinski definition) is 5. The first-order chi connectivity index (χ1) is 10.1. The average Bonchev–Trinajstić information content (AvgIpc) is 2.92. The predicted octanol–water partition coefficient (Wildman–Crippen LogP) is 1.21. The van der Waals surface area contributed by atoms with E-state index >= 15 is 0 Å². The topological polar surface area (TPSA) is 95.4 Å². The zero-order valence-corrected chi connectivity index (χ0v) is 11.6. The third kappa shape index (κ3) is 2.18. The fourth-order valence-corrected chi connectivity index (χ4v) is 2.09. The third-order valence-electron chi connectivity index (χ3n) is 3.16. The number of hydrogen-bond donors (Lipinski definition) is 1. The largest absolute Gasteiger partial charge is 0.481 e. The van der Waals surface area contributed by atoms with Gasteiger partial charge in [-0.15, -0.1) is 0 Å². The van der Waals surface area contributed by atoms with Crippen molar-refractivity contribution >= 4 is 11.6 Å². The Labute approximate surface area is 120 Å². The van der Waals surface area contributed by atoms with Gasteiger partial charge in [-0.3, -0.25) is 4.79 Å². The van der Waals surface area contributed by atoms with E-state index in [9.17, 15) is 4.79 Å². The Morgan fingerprint density at radius 3 is 2.76 bits per heavy atom. The van der Waals surface area contributed by atoms with Crippen molar-refractivity contribution in [3.05, 3.63) is 41.9 Å². The summed E-state index contributed by atoms with van der Waals surface area (Å²) in [5.74, 6) is -0.0272. The van der Waals surface area contributed by atoms with E-state index in [-0.39, 0.29) is 0 Å². The van der Waals surface area contributed by atoms with E-state index in [0.29, 0.717) is 22.8 Å². The summed E-state index contributed by atoms with van der Waals surface area (Å²) in [5, 5.41) is 4.12. The predicted molar refractivity (Wildman–Crippen MR) is 76.0 cm³/mol. The zero-order valence-electron chi connectivity index (χ0n) is 11.6. The Morgan fingerprint density at radius 1 is 1.33 bits per heavy atom. The standard InChI is InChI=1S/C14H13N5O2/c1-8-5-11(9-3-4-12(21-2)16-6-9)18-14-10(13(15)20)7-17-19(8)14/h3-7H,1-2H3,(H2,15,20).